The summed E-state index contributed by atoms with van der Waals surface area (Å²) in [5, 5.41) is 7.66. The molecule has 0 amide bonds. The molecule has 0 aromatic carbocycles. The summed E-state index contributed by atoms with van der Waals surface area (Å²) in [6, 6.07) is 0.267. The Morgan fingerprint density at radius 1 is 1.32 bits per heavy atom. The first kappa shape index (κ1) is 16.0. The molecule has 0 saturated carbocycles. The molecule has 6 nitrogen and oxygen atoms in total. The smallest absolute Gasteiger partial charge is 0.153 e. The highest BCUT2D eigenvalue weighted by Gasteiger charge is 2.41. The van der Waals surface area contributed by atoms with E-state index in [9.17, 15) is 8.42 Å². The molecule has 7 heteroatoms. The van der Waals surface area contributed by atoms with Crippen LogP contribution in [0.5, 0.6) is 0 Å². The highest BCUT2D eigenvalue weighted by atomic mass is 32.2. The van der Waals surface area contributed by atoms with E-state index in [4.69, 9.17) is 0 Å². The molecule has 0 aliphatic carbocycles. The molecule has 2 fully saturated rings. The van der Waals surface area contributed by atoms with E-state index in [0.29, 0.717) is 11.5 Å². The minimum Gasteiger partial charge on any atom is -0.311 e. The van der Waals surface area contributed by atoms with Crippen molar-refractivity contribution in [3.8, 4) is 0 Å². The summed E-state index contributed by atoms with van der Waals surface area (Å²) in [5.74, 6) is 0.619. The van der Waals surface area contributed by atoms with E-state index in [1.54, 1.807) is 0 Å². The van der Waals surface area contributed by atoms with Crippen LogP contribution in [-0.4, -0.2) is 66.3 Å². The van der Waals surface area contributed by atoms with E-state index in [1.807, 2.05) is 24.1 Å². The lowest BCUT2D eigenvalue weighted by Crippen LogP contribution is -2.48. The van der Waals surface area contributed by atoms with E-state index in [-0.39, 0.29) is 12.1 Å². The van der Waals surface area contributed by atoms with Gasteiger partial charge in [-0.25, -0.2) is 8.42 Å². The van der Waals surface area contributed by atoms with Crippen molar-refractivity contribution in [3.63, 3.8) is 0 Å². The van der Waals surface area contributed by atoms with Crippen LogP contribution in [0.15, 0.2) is 12.4 Å². The first-order valence-corrected chi connectivity index (χ1v) is 10.0. The second-order valence-electron chi connectivity index (χ2n) is 6.57. The maximum atomic E-state index is 12.0. The van der Waals surface area contributed by atoms with Crippen LogP contribution in [0.2, 0.25) is 0 Å². The second kappa shape index (κ2) is 6.68. The van der Waals surface area contributed by atoms with Gasteiger partial charge in [-0.05, 0) is 50.9 Å². The number of aromatic nitrogens is 2. The molecule has 2 aliphatic heterocycles. The van der Waals surface area contributed by atoms with Crippen molar-refractivity contribution in [2.75, 3.05) is 31.1 Å². The first-order chi connectivity index (χ1) is 10.5. The Bertz CT molecular complexity index is 592. The van der Waals surface area contributed by atoms with Gasteiger partial charge in [-0.15, -0.1) is 0 Å². The molecular formula is C15H26N4O2S. The topological polar surface area (TPSA) is 67.2 Å². The molecule has 0 spiro atoms. The minimum atomic E-state index is -2.89. The molecule has 22 heavy (non-hydrogen) atoms. The van der Waals surface area contributed by atoms with E-state index in [2.05, 4.69) is 15.3 Å². The summed E-state index contributed by atoms with van der Waals surface area (Å²) in [7, 11) is -0.963. The van der Waals surface area contributed by atoms with Gasteiger partial charge in [-0.2, -0.15) is 5.10 Å². The van der Waals surface area contributed by atoms with Crippen LogP contribution in [0.4, 0.5) is 0 Å². The van der Waals surface area contributed by atoms with Crippen LogP contribution in [0.25, 0.3) is 0 Å². The molecule has 3 rings (SSSR count). The molecular weight excluding hydrogens is 300 g/mol. The number of nitrogens with one attached hydrogen (secondary N) is 1. The number of rotatable bonds is 6. The Kier molecular flexibility index (Phi) is 4.84. The van der Waals surface area contributed by atoms with E-state index in [0.717, 1.165) is 32.5 Å². The lowest BCUT2D eigenvalue weighted by molar-refractivity contribution is 0.226. The van der Waals surface area contributed by atoms with Crippen LogP contribution in [0.3, 0.4) is 0 Å². The third-order valence-electron chi connectivity index (χ3n) is 4.74. The van der Waals surface area contributed by atoms with Gasteiger partial charge in [0, 0.05) is 25.3 Å². The van der Waals surface area contributed by atoms with Crippen molar-refractivity contribution in [1.82, 2.24) is 20.0 Å². The predicted octanol–water partition coefficient (Wildman–Crippen LogP) is 0.204. The van der Waals surface area contributed by atoms with Crippen LogP contribution >= 0.6 is 0 Å². The summed E-state index contributed by atoms with van der Waals surface area (Å²) in [6.45, 7) is 2.96. The minimum absolute atomic E-state index is 0.0944. The number of hydrogen-bond acceptors (Lipinski definition) is 5. The quantitative estimate of drug-likeness (QED) is 0.757. The zero-order valence-electron chi connectivity index (χ0n) is 13.2. The third kappa shape index (κ3) is 3.88. The van der Waals surface area contributed by atoms with E-state index < -0.39 is 9.84 Å². The number of aryl methyl sites for hydroxylation is 2. The molecule has 0 unspecified atom stereocenters. The second-order valence-corrected chi connectivity index (χ2v) is 8.73. The first-order valence-electron chi connectivity index (χ1n) is 8.19. The monoisotopic (exact) mass is 326 g/mol. The summed E-state index contributed by atoms with van der Waals surface area (Å²) in [4.78, 5) is 2.36. The van der Waals surface area contributed by atoms with Gasteiger partial charge in [0.15, 0.2) is 9.84 Å². The largest absolute Gasteiger partial charge is 0.311 e. The maximum Gasteiger partial charge on any atom is 0.153 e. The molecule has 1 N–H and O–H groups in total. The molecule has 2 atom stereocenters. The molecule has 0 bridgehead atoms. The Morgan fingerprint density at radius 3 is 2.77 bits per heavy atom. The zero-order valence-corrected chi connectivity index (χ0v) is 14.1. The third-order valence-corrected chi connectivity index (χ3v) is 6.46. The average molecular weight is 326 g/mol. The van der Waals surface area contributed by atoms with Crippen LogP contribution < -0.4 is 5.32 Å². The fourth-order valence-electron chi connectivity index (χ4n) is 3.64. The van der Waals surface area contributed by atoms with Crippen LogP contribution in [-0.2, 0) is 23.3 Å². The van der Waals surface area contributed by atoms with Crippen molar-refractivity contribution in [2.45, 2.75) is 37.8 Å². The summed E-state index contributed by atoms with van der Waals surface area (Å²) < 4.78 is 25.8. The van der Waals surface area contributed by atoms with Crippen LogP contribution in [0, 0.1) is 0 Å². The van der Waals surface area contributed by atoms with Crippen molar-refractivity contribution in [3.05, 3.63) is 18.0 Å². The zero-order chi connectivity index (χ0) is 15.6. The molecule has 0 radical (unpaired) electrons. The molecule has 1 aromatic heterocycles. The summed E-state index contributed by atoms with van der Waals surface area (Å²) in [6.07, 6.45) is 8.32. The SMILES string of the molecule is Cn1cc(CCCN[C@H]2CS(=O)(=O)C[C@H]2N2CCCC2)cn1. The van der Waals surface area contributed by atoms with Gasteiger partial charge in [0.25, 0.3) is 0 Å². The maximum absolute atomic E-state index is 12.0. The molecule has 1 aromatic rings. The highest BCUT2D eigenvalue weighted by molar-refractivity contribution is 7.91. The average Bonchev–Trinajstić information content (AvgIpc) is 3.15. The summed E-state index contributed by atoms with van der Waals surface area (Å²) in [5.41, 5.74) is 1.24. The molecule has 2 aliphatic rings. The predicted molar refractivity (Wildman–Crippen MR) is 86.6 cm³/mol. The lowest BCUT2D eigenvalue weighted by atomic mass is 10.1. The van der Waals surface area contributed by atoms with E-state index in [1.165, 1.54) is 18.4 Å². The van der Waals surface area contributed by atoms with Crippen LogP contribution in [0.1, 0.15) is 24.8 Å². The Hall–Kier alpha value is -0.920. The fourth-order valence-corrected chi connectivity index (χ4v) is 5.62. The highest BCUT2D eigenvalue weighted by Crippen LogP contribution is 2.22. The number of sulfone groups is 1. The van der Waals surface area contributed by atoms with Crippen molar-refractivity contribution >= 4 is 9.84 Å². The Balaban J connectivity index is 1.49. The number of likely N-dealkylation sites (tertiary alicyclic amines) is 1. The Labute approximate surface area is 132 Å². The van der Waals surface area contributed by atoms with Gasteiger partial charge < -0.3 is 5.32 Å². The summed E-state index contributed by atoms with van der Waals surface area (Å²) >= 11 is 0. The molecule has 3 heterocycles. The number of nitrogens with zero attached hydrogens (tertiary/aromatic N) is 3. The van der Waals surface area contributed by atoms with Crippen molar-refractivity contribution in [2.24, 2.45) is 7.05 Å². The normalized spacial score (nSPS) is 28.4. The molecule has 124 valence electrons. The van der Waals surface area contributed by atoms with Gasteiger partial charge in [0.1, 0.15) is 0 Å². The number of hydrogen-bond donors (Lipinski definition) is 1. The molecule has 2 saturated heterocycles. The Morgan fingerprint density at radius 2 is 2.09 bits per heavy atom. The van der Waals surface area contributed by atoms with Gasteiger partial charge in [0.05, 0.1) is 17.7 Å². The van der Waals surface area contributed by atoms with Crippen molar-refractivity contribution < 1.29 is 8.42 Å². The standard InChI is InChI=1S/C15H26N4O2S/c1-18-10-13(9-17-18)5-4-6-16-14-11-22(20,21)12-15(14)19-7-2-3-8-19/h9-10,14-16H,2-8,11-12H2,1H3/t14-,15+/m0/s1. The van der Waals surface area contributed by atoms with Gasteiger partial charge >= 0.3 is 0 Å². The van der Waals surface area contributed by atoms with Crippen molar-refractivity contribution in [1.29, 1.82) is 0 Å². The van der Waals surface area contributed by atoms with E-state index >= 15 is 0 Å². The lowest BCUT2D eigenvalue weighted by Gasteiger charge is -2.28. The van der Waals surface area contributed by atoms with Gasteiger partial charge in [0.2, 0.25) is 0 Å². The fraction of sp³-hybridized carbons (Fsp3) is 0.800. The van der Waals surface area contributed by atoms with Gasteiger partial charge in [-0.3, -0.25) is 9.58 Å². The van der Waals surface area contributed by atoms with Gasteiger partial charge in [-0.1, -0.05) is 0 Å².